The molecule has 0 aromatic heterocycles. The average molecular weight is 238 g/mol. The molecule has 1 aromatic rings. The zero-order valence-electron chi connectivity index (χ0n) is 11.0. The Kier molecular flexibility index (Phi) is 5.09. The minimum atomic E-state index is -0.178. The quantitative estimate of drug-likeness (QED) is 0.825. The molecule has 0 aliphatic carbocycles. The zero-order chi connectivity index (χ0) is 12.9. The molecule has 0 atom stereocenters. The van der Waals surface area contributed by atoms with Gasteiger partial charge in [0, 0.05) is 18.6 Å². The van der Waals surface area contributed by atoms with Crippen LogP contribution in [0.2, 0.25) is 0 Å². The molecule has 0 heterocycles. The molecular formula is C14H23FN2. The van der Waals surface area contributed by atoms with Crippen molar-refractivity contribution >= 4 is 0 Å². The number of benzene rings is 1. The van der Waals surface area contributed by atoms with Crippen molar-refractivity contribution in [3.05, 3.63) is 35.6 Å². The van der Waals surface area contributed by atoms with Crippen molar-refractivity contribution < 1.29 is 4.39 Å². The number of nitrogens with zero attached hydrogens (tertiary/aromatic N) is 1. The van der Waals surface area contributed by atoms with Crippen molar-refractivity contribution in [2.45, 2.75) is 38.8 Å². The zero-order valence-corrected chi connectivity index (χ0v) is 11.0. The van der Waals surface area contributed by atoms with Gasteiger partial charge < -0.3 is 5.73 Å². The van der Waals surface area contributed by atoms with Gasteiger partial charge in [0.15, 0.2) is 0 Å². The number of rotatable bonds is 6. The lowest BCUT2D eigenvalue weighted by molar-refractivity contribution is 0.108. The Labute approximate surface area is 104 Å². The van der Waals surface area contributed by atoms with Gasteiger partial charge in [-0.05, 0) is 37.6 Å². The van der Waals surface area contributed by atoms with Crippen molar-refractivity contribution in [2.75, 3.05) is 13.6 Å². The van der Waals surface area contributed by atoms with Crippen molar-refractivity contribution in [3.8, 4) is 0 Å². The number of hydrogen-bond acceptors (Lipinski definition) is 2. The minimum absolute atomic E-state index is 0.0202. The molecule has 0 fully saturated rings. The van der Waals surface area contributed by atoms with Crippen LogP contribution in [0.4, 0.5) is 4.39 Å². The third kappa shape index (κ3) is 3.27. The lowest BCUT2D eigenvalue weighted by Gasteiger charge is -2.40. The van der Waals surface area contributed by atoms with Gasteiger partial charge in [-0.1, -0.05) is 26.0 Å². The summed E-state index contributed by atoms with van der Waals surface area (Å²) in [6.45, 7) is 5.67. The molecule has 0 radical (unpaired) electrons. The molecule has 0 saturated carbocycles. The van der Waals surface area contributed by atoms with E-state index in [1.807, 2.05) is 6.07 Å². The lowest BCUT2D eigenvalue weighted by Crippen LogP contribution is -2.50. The Hall–Kier alpha value is -0.930. The van der Waals surface area contributed by atoms with E-state index in [4.69, 9.17) is 5.73 Å². The van der Waals surface area contributed by atoms with Crippen LogP contribution in [0.15, 0.2) is 24.3 Å². The van der Waals surface area contributed by atoms with Gasteiger partial charge in [-0.2, -0.15) is 0 Å². The molecule has 3 heteroatoms. The first-order valence-corrected chi connectivity index (χ1v) is 6.23. The molecule has 96 valence electrons. The minimum Gasteiger partial charge on any atom is -0.329 e. The van der Waals surface area contributed by atoms with E-state index >= 15 is 0 Å². The van der Waals surface area contributed by atoms with Crippen LogP contribution in [0.3, 0.4) is 0 Å². The smallest absolute Gasteiger partial charge is 0.123 e. The summed E-state index contributed by atoms with van der Waals surface area (Å²) in [5, 5.41) is 0. The van der Waals surface area contributed by atoms with Gasteiger partial charge in [0.25, 0.3) is 0 Å². The van der Waals surface area contributed by atoms with E-state index in [1.54, 1.807) is 12.1 Å². The highest BCUT2D eigenvalue weighted by molar-refractivity contribution is 5.16. The Morgan fingerprint density at radius 1 is 1.29 bits per heavy atom. The van der Waals surface area contributed by atoms with E-state index in [0.717, 1.165) is 24.9 Å². The number of halogens is 1. The molecule has 17 heavy (non-hydrogen) atoms. The predicted molar refractivity (Wildman–Crippen MR) is 70.2 cm³/mol. The molecule has 0 bridgehead atoms. The summed E-state index contributed by atoms with van der Waals surface area (Å²) in [6, 6.07) is 6.76. The van der Waals surface area contributed by atoms with E-state index in [-0.39, 0.29) is 11.4 Å². The third-order valence-corrected chi connectivity index (χ3v) is 3.81. The van der Waals surface area contributed by atoms with Crippen LogP contribution in [0.5, 0.6) is 0 Å². The summed E-state index contributed by atoms with van der Waals surface area (Å²) in [7, 11) is 2.06. The van der Waals surface area contributed by atoms with Crippen molar-refractivity contribution in [3.63, 3.8) is 0 Å². The highest BCUT2D eigenvalue weighted by atomic mass is 19.1. The molecule has 1 aromatic carbocycles. The fourth-order valence-corrected chi connectivity index (χ4v) is 2.31. The second-order valence-corrected chi connectivity index (χ2v) is 4.62. The largest absolute Gasteiger partial charge is 0.329 e. The molecular weight excluding hydrogens is 215 g/mol. The number of hydrogen-bond donors (Lipinski definition) is 1. The Morgan fingerprint density at radius 3 is 2.41 bits per heavy atom. The SMILES string of the molecule is CCC(CC)(CN)N(C)Cc1cccc(F)c1. The molecule has 2 N–H and O–H groups in total. The standard InChI is InChI=1S/C14H23FN2/c1-4-14(5-2,11-16)17(3)10-12-7-6-8-13(15)9-12/h6-9H,4-5,10-11,16H2,1-3H3. The maximum absolute atomic E-state index is 13.1. The Balaban J connectivity index is 2.80. The van der Waals surface area contributed by atoms with E-state index in [2.05, 4.69) is 25.8 Å². The summed E-state index contributed by atoms with van der Waals surface area (Å²) in [4.78, 5) is 2.24. The van der Waals surface area contributed by atoms with E-state index < -0.39 is 0 Å². The Morgan fingerprint density at radius 2 is 1.94 bits per heavy atom. The van der Waals surface area contributed by atoms with Crippen LogP contribution in [0, 0.1) is 5.82 Å². The summed E-state index contributed by atoms with van der Waals surface area (Å²) in [5.74, 6) is -0.178. The predicted octanol–water partition coefficient (Wildman–Crippen LogP) is 2.78. The second-order valence-electron chi connectivity index (χ2n) is 4.62. The second kappa shape index (κ2) is 6.12. The summed E-state index contributed by atoms with van der Waals surface area (Å²) in [5.41, 5.74) is 6.91. The highest BCUT2D eigenvalue weighted by Crippen LogP contribution is 2.23. The topological polar surface area (TPSA) is 29.3 Å². The molecule has 0 aliphatic heterocycles. The van der Waals surface area contributed by atoms with Crippen molar-refractivity contribution in [1.82, 2.24) is 4.90 Å². The summed E-state index contributed by atoms with van der Waals surface area (Å²) < 4.78 is 13.1. The van der Waals surface area contributed by atoms with Crippen LogP contribution in [0.25, 0.3) is 0 Å². The lowest BCUT2D eigenvalue weighted by atomic mass is 9.90. The van der Waals surface area contributed by atoms with E-state index in [1.165, 1.54) is 6.07 Å². The summed E-state index contributed by atoms with van der Waals surface area (Å²) in [6.07, 6.45) is 2.01. The molecule has 0 spiro atoms. The van der Waals surface area contributed by atoms with Crippen LogP contribution in [-0.2, 0) is 6.54 Å². The van der Waals surface area contributed by atoms with Gasteiger partial charge in [0.1, 0.15) is 5.82 Å². The fraction of sp³-hybridized carbons (Fsp3) is 0.571. The molecule has 0 saturated heterocycles. The van der Waals surface area contributed by atoms with E-state index in [0.29, 0.717) is 6.54 Å². The van der Waals surface area contributed by atoms with Crippen LogP contribution in [-0.4, -0.2) is 24.0 Å². The molecule has 1 rings (SSSR count). The first kappa shape index (κ1) is 14.1. The maximum Gasteiger partial charge on any atom is 0.123 e. The molecule has 2 nitrogen and oxygen atoms in total. The molecule has 0 aliphatic rings. The van der Waals surface area contributed by atoms with Crippen LogP contribution in [0.1, 0.15) is 32.3 Å². The Bertz CT molecular complexity index is 340. The number of nitrogens with two attached hydrogens (primary N) is 1. The van der Waals surface area contributed by atoms with Gasteiger partial charge in [0.05, 0.1) is 0 Å². The molecule has 0 unspecified atom stereocenters. The average Bonchev–Trinajstić information content (AvgIpc) is 2.32. The van der Waals surface area contributed by atoms with Gasteiger partial charge in [-0.25, -0.2) is 4.39 Å². The monoisotopic (exact) mass is 238 g/mol. The third-order valence-electron chi connectivity index (χ3n) is 3.81. The highest BCUT2D eigenvalue weighted by Gasteiger charge is 2.29. The van der Waals surface area contributed by atoms with Gasteiger partial charge in [-0.3, -0.25) is 4.90 Å². The molecule has 0 amide bonds. The summed E-state index contributed by atoms with van der Waals surface area (Å²) >= 11 is 0. The first-order chi connectivity index (χ1) is 8.07. The van der Waals surface area contributed by atoms with Crippen LogP contribution < -0.4 is 5.73 Å². The van der Waals surface area contributed by atoms with E-state index in [9.17, 15) is 4.39 Å². The fourth-order valence-electron chi connectivity index (χ4n) is 2.31. The maximum atomic E-state index is 13.1. The van der Waals surface area contributed by atoms with Gasteiger partial charge in [0.2, 0.25) is 0 Å². The van der Waals surface area contributed by atoms with Gasteiger partial charge in [-0.15, -0.1) is 0 Å². The first-order valence-electron chi connectivity index (χ1n) is 6.23. The van der Waals surface area contributed by atoms with Crippen molar-refractivity contribution in [2.24, 2.45) is 5.73 Å². The van der Waals surface area contributed by atoms with Crippen LogP contribution >= 0.6 is 0 Å². The van der Waals surface area contributed by atoms with Crippen molar-refractivity contribution in [1.29, 1.82) is 0 Å². The number of likely N-dealkylation sites (N-methyl/N-ethyl adjacent to an activating group) is 1. The van der Waals surface area contributed by atoms with Gasteiger partial charge >= 0.3 is 0 Å². The normalized spacial score (nSPS) is 12.1.